The minimum atomic E-state index is -3.44. The zero-order valence-electron chi connectivity index (χ0n) is 15.3. The second-order valence-electron chi connectivity index (χ2n) is 7.48. The lowest BCUT2D eigenvalue weighted by Gasteiger charge is -2.42. The van der Waals surface area contributed by atoms with Gasteiger partial charge >= 0.3 is 0 Å². The van der Waals surface area contributed by atoms with E-state index in [4.69, 9.17) is 0 Å². The summed E-state index contributed by atoms with van der Waals surface area (Å²) in [5.41, 5.74) is 1.78. The summed E-state index contributed by atoms with van der Waals surface area (Å²) in [6, 6.07) is 13.5. The quantitative estimate of drug-likeness (QED) is 0.760. The van der Waals surface area contributed by atoms with E-state index in [1.165, 1.54) is 4.90 Å². The number of carbonyl (C=O) groups excluding carboxylic acids is 2. The Morgan fingerprint density at radius 2 is 1.56 bits per heavy atom. The summed E-state index contributed by atoms with van der Waals surface area (Å²) in [5, 5.41) is -0.550. The number of hydrogen-bond acceptors (Lipinski definition) is 4. The number of fused-ring (bicyclic) bond motifs is 1. The third kappa shape index (κ3) is 2.79. The van der Waals surface area contributed by atoms with Gasteiger partial charge in [0.05, 0.1) is 21.3 Å². The molecule has 1 saturated carbocycles. The summed E-state index contributed by atoms with van der Waals surface area (Å²) >= 11 is 0. The number of amides is 2. The average molecular weight is 383 g/mol. The topological polar surface area (TPSA) is 71.5 Å². The number of aryl methyl sites for hydroxylation is 1. The van der Waals surface area contributed by atoms with Crippen LogP contribution in [0.5, 0.6) is 0 Å². The van der Waals surface area contributed by atoms with Gasteiger partial charge in [0.25, 0.3) is 11.8 Å². The summed E-state index contributed by atoms with van der Waals surface area (Å²) < 4.78 is 25.8. The third-order valence-corrected chi connectivity index (χ3v) is 8.09. The van der Waals surface area contributed by atoms with Gasteiger partial charge in [0.15, 0.2) is 9.84 Å². The Labute approximate surface area is 158 Å². The van der Waals surface area contributed by atoms with Gasteiger partial charge in [0.2, 0.25) is 0 Å². The fourth-order valence-corrected chi connectivity index (χ4v) is 5.80. The van der Waals surface area contributed by atoms with E-state index >= 15 is 0 Å². The van der Waals surface area contributed by atoms with Crippen molar-refractivity contribution in [1.29, 1.82) is 0 Å². The number of carbonyl (C=O) groups is 2. The van der Waals surface area contributed by atoms with Crippen LogP contribution < -0.4 is 0 Å². The highest BCUT2D eigenvalue weighted by Gasteiger charge is 2.48. The Morgan fingerprint density at radius 3 is 2.11 bits per heavy atom. The van der Waals surface area contributed by atoms with Crippen LogP contribution in [-0.4, -0.2) is 36.4 Å². The van der Waals surface area contributed by atoms with Crippen LogP contribution in [0.25, 0.3) is 0 Å². The van der Waals surface area contributed by atoms with Crippen molar-refractivity contribution in [3.63, 3.8) is 0 Å². The molecule has 4 rings (SSSR count). The van der Waals surface area contributed by atoms with Gasteiger partial charge in [-0.25, -0.2) is 8.42 Å². The van der Waals surface area contributed by atoms with E-state index in [1.54, 1.807) is 49.4 Å². The molecule has 1 fully saturated rings. The lowest BCUT2D eigenvalue weighted by atomic mass is 9.77. The molecule has 2 aromatic carbocycles. The minimum Gasteiger partial charge on any atom is -0.271 e. The van der Waals surface area contributed by atoms with E-state index < -0.39 is 15.1 Å². The largest absolute Gasteiger partial charge is 0.271 e. The van der Waals surface area contributed by atoms with Crippen molar-refractivity contribution in [2.24, 2.45) is 5.92 Å². The van der Waals surface area contributed by atoms with Gasteiger partial charge in [0.1, 0.15) is 0 Å². The standard InChI is InChI=1S/C21H21NO4S/c1-13-6-5-7-17(10-13)27(25,26)14(2)15-11-16(12-15)22-20(23)18-8-3-4-9-19(18)21(22)24/h3-10,14-16H,11-12H2,1-2H3/t14?,15-,16-. The van der Waals surface area contributed by atoms with Gasteiger partial charge in [0, 0.05) is 6.04 Å². The third-order valence-electron chi connectivity index (χ3n) is 5.81. The van der Waals surface area contributed by atoms with E-state index in [2.05, 4.69) is 0 Å². The Kier molecular flexibility index (Phi) is 4.18. The lowest BCUT2D eigenvalue weighted by Crippen LogP contribution is -2.51. The fourth-order valence-electron chi connectivity index (χ4n) is 4.02. The number of sulfone groups is 1. The van der Waals surface area contributed by atoms with Gasteiger partial charge in [-0.2, -0.15) is 0 Å². The summed E-state index contributed by atoms with van der Waals surface area (Å²) in [6.45, 7) is 3.59. The molecule has 0 spiro atoms. The lowest BCUT2D eigenvalue weighted by molar-refractivity contribution is 0.0418. The minimum absolute atomic E-state index is 0.0650. The van der Waals surface area contributed by atoms with Crippen LogP contribution in [0.2, 0.25) is 0 Å². The van der Waals surface area contributed by atoms with Crippen molar-refractivity contribution in [2.75, 3.05) is 0 Å². The molecule has 2 amide bonds. The van der Waals surface area contributed by atoms with Gasteiger partial charge in [-0.3, -0.25) is 14.5 Å². The van der Waals surface area contributed by atoms with E-state index in [9.17, 15) is 18.0 Å². The predicted octanol–water partition coefficient (Wildman–Crippen LogP) is 3.23. The molecule has 1 aliphatic heterocycles. The molecule has 1 unspecified atom stereocenters. The molecule has 6 heteroatoms. The molecule has 0 N–H and O–H groups in total. The van der Waals surface area contributed by atoms with Crippen LogP contribution in [-0.2, 0) is 9.84 Å². The second kappa shape index (κ2) is 6.30. The highest BCUT2D eigenvalue weighted by molar-refractivity contribution is 7.92. The molecule has 0 saturated heterocycles. The maximum Gasteiger partial charge on any atom is 0.261 e. The normalized spacial score (nSPS) is 23.1. The van der Waals surface area contributed by atoms with Gasteiger partial charge in [-0.1, -0.05) is 24.3 Å². The van der Waals surface area contributed by atoms with Crippen LogP contribution >= 0.6 is 0 Å². The maximum absolute atomic E-state index is 12.9. The molecular weight excluding hydrogens is 362 g/mol. The van der Waals surface area contributed by atoms with Crippen molar-refractivity contribution in [2.45, 2.75) is 42.9 Å². The summed E-state index contributed by atoms with van der Waals surface area (Å²) in [7, 11) is -3.44. The predicted molar refractivity (Wildman–Crippen MR) is 101 cm³/mol. The fraction of sp³-hybridized carbons (Fsp3) is 0.333. The first kappa shape index (κ1) is 17.9. The van der Waals surface area contributed by atoms with Crippen LogP contribution in [0.4, 0.5) is 0 Å². The van der Waals surface area contributed by atoms with Crippen molar-refractivity contribution in [3.05, 3.63) is 65.2 Å². The molecule has 1 aliphatic carbocycles. The first-order chi connectivity index (χ1) is 12.8. The number of rotatable bonds is 4. The molecule has 27 heavy (non-hydrogen) atoms. The van der Waals surface area contributed by atoms with E-state index in [-0.39, 0.29) is 23.8 Å². The average Bonchev–Trinajstić information content (AvgIpc) is 2.86. The van der Waals surface area contributed by atoms with Crippen molar-refractivity contribution in [3.8, 4) is 0 Å². The molecule has 140 valence electrons. The first-order valence-corrected chi connectivity index (χ1v) is 10.6. The number of imide groups is 1. The maximum atomic E-state index is 12.9. The van der Waals surface area contributed by atoms with Crippen LogP contribution in [0, 0.1) is 12.8 Å². The first-order valence-electron chi connectivity index (χ1n) is 9.08. The summed E-state index contributed by atoms with van der Waals surface area (Å²) in [5.74, 6) is -0.605. The van der Waals surface area contributed by atoms with Gasteiger partial charge < -0.3 is 0 Å². The molecule has 5 nitrogen and oxygen atoms in total. The van der Waals surface area contributed by atoms with Crippen LogP contribution in [0.3, 0.4) is 0 Å². The smallest absolute Gasteiger partial charge is 0.261 e. The Morgan fingerprint density at radius 1 is 0.963 bits per heavy atom. The van der Waals surface area contributed by atoms with E-state index in [0.717, 1.165) is 5.56 Å². The molecule has 0 bridgehead atoms. The Balaban J connectivity index is 1.49. The highest BCUT2D eigenvalue weighted by atomic mass is 32.2. The highest BCUT2D eigenvalue weighted by Crippen LogP contribution is 2.41. The Hall–Kier alpha value is -2.47. The molecule has 2 aliphatic rings. The molecule has 0 aromatic heterocycles. The molecule has 1 heterocycles. The van der Waals surface area contributed by atoms with E-state index in [0.29, 0.717) is 28.9 Å². The van der Waals surface area contributed by atoms with E-state index in [1.807, 2.05) is 13.0 Å². The summed E-state index contributed by atoms with van der Waals surface area (Å²) in [6.07, 6.45) is 1.05. The van der Waals surface area contributed by atoms with Crippen LogP contribution in [0.15, 0.2) is 53.4 Å². The molecule has 2 aromatic rings. The number of benzene rings is 2. The molecule has 1 atom stereocenters. The monoisotopic (exact) mass is 383 g/mol. The molecular formula is C21H21NO4S. The van der Waals surface area contributed by atoms with Crippen LogP contribution in [0.1, 0.15) is 46.0 Å². The van der Waals surface area contributed by atoms with Crippen molar-refractivity contribution < 1.29 is 18.0 Å². The SMILES string of the molecule is Cc1cccc(S(=O)(=O)C(C)[C@H]2C[C@H](N3C(=O)c4ccccc4C3=O)C2)c1. The van der Waals surface area contributed by atoms with Crippen molar-refractivity contribution >= 4 is 21.7 Å². The van der Waals surface area contributed by atoms with Gasteiger partial charge in [-0.15, -0.1) is 0 Å². The molecule has 0 radical (unpaired) electrons. The summed E-state index contributed by atoms with van der Waals surface area (Å²) in [4.78, 5) is 26.8. The second-order valence-corrected chi connectivity index (χ2v) is 9.78. The zero-order chi connectivity index (χ0) is 19.3. The number of hydrogen-bond donors (Lipinski definition) is 0. The Bertz CT molecular complexity index is 1000. The zero-order valence-corrected chi connectivity index (χ0v) is 16.1. The van der Waals surface area contributed by atoms with Gasteiger partial charge in [-0.05, 0) is 62.4 Å². The number of nitrogens with zero attached hydrogens (tertiary/aromatic N) is 1. The van der Waals surface area contributed by atoms with Crippen molar-refractivity contribution in [1.82, 2.24) is 4.90 Å².